The lowest BCUT2D eigenvalue weighted by molar-refractivity contribution is 0.149. The molecule has 0 amide bonds. The Balaban J connectivity index is 1.57. The maximum Gasteiger partial charge on any atom is 0.180 e. The number of nitrogens with one attached hydrogen (secondary N) is 1. The maximum atomic E-state index is 9.41. The summed E-state index contributed by atoms with van der Waals surface area (Å²) in [6, 6.07) is 9.87. The number of pyridine rings is 1. The smallest absolute Gasteiger partial charge is 0.180 e. The third kappa shape index (κ3) is 2.32. The molecule has 5 rings (SSSR count). The van der Waals surface area contributed by atoms with Crippen LogP contribution in [0.4, 0.5) is 11.5 Å². The van der Waals surface area contributed by atoms with E-state index in [0.717, 1.165) is 32.7 Å². The Kier molecular flexibility index (Phi) is 3.08. The van der Waals surface area contributed by atoms with E-state index >= 15 is 0 Å². The van der Waals surface area contributed by atoms with Crippen molar-refractivity contribution in [3.8, 4) is 11.3 Å². The first-order chi connectivity index (χ1) is 12.8. The number of imidazole rings is 1. The standard InChI is InChI=1S/C18H13N7O/c26-25-11-13(9-22-25)16-10-21-18-17(20-6-7-24(16)18)23-14-3-4-15-12(8-14)2-1-5-19-15/h1-11,26H,(H,20,23). The Hall–Kier alpha value is -3.94. The molecule has 4 aromatic heterocycles. The van der Waals surface area contributed by atoms with Gasteiger partial charge in [-0.15, -0.1) is 9.94 Å². The van der Waals surface area contributed by atoms with Gasteiger partial charge < -0.3 is 10.5 Å². The van der Waals surface area contributed by atoms with Crippen LogP contribution in [0.15, 0.2) is 67.5 Å². The molecule has 8 nitrogen and oxygen atoms in total. The summed E-state index contributed by atoms with van der Waals surface area (Å²) in [5, 5.41) is 17.6. The highest BCUT2D eigenvalue weighted by atomic mass is 16.5. The summed E-state index contributed by atoms with van der Waals surface area (Å²) in [5.41, 5.74) is 4.09. The van der Waals surface area contributed by atoms with Gasteiger partial charge in [0, 0.05) is 35.2 Å². The van der Waals surface area contributed by atoms with Crippen LogP contribution in [0.2, 0.25) is 0 Å². The number of rotatable bonds is 3. The fourth-order valence-corrected chi connectivity index (χ4v) is 2.96. The minimum absolute atomic E-state index is 0.637. The highest BCUT2D eigenvalue weighted by Crippen LogP contribution is 2.26. The lowest BCUT2D eigenvalue weighted by Gasteiger charge is -2.08. The molecule has 0 saturated heterocycles. The number of anilines is 2. The second-order valence-electron chi connectivity index (χ2n) is 5.80. The minimum atomic E-state index is 0.637. The average Bonchev–Trinajstić information content (AvgIpc) is 3.28. The van der Waals surface area contributed by atoms with Gasteiger partial charge in [0.1, 0.15) is 0 Å². The van der Waals surface area contributed by atoms with E-state index in [4.69, 9.17) is 0 Å². The molecule has 0 atom stereocenters. The third-order valence-electron chi connectivity index (χ3n) is 4.16. The average molecular weight is 343 g/mol. The zero-order valence-corrected chi connectivity index (χ0v) is 13.5. The molecule has 0 fully saturated rings. The Bertz CT molecular complexity index is 1240. The van der Waals surface area contributed by atoms with Crippen LogP contribution < -0.4 is 5.32 Å². The van der Waals surface area contributed by atoms with E-state index < -0.39 is 0 Å². The van der Waals surface area contributed by atoms with Crippen molar-refractivity contribution in [1.29, 1.82) is 0 Å². The number of nitrogens with zero attached hydrogens (tertiary/aromatic N) is 6. The molecule has 0 radical (unpaired) electrons. The van der Waals surface area contributed by atoms with Crippen LogP contribution in [-0.4, -0.2) is 34.5 Å². The summed E-state index contributed by atoms with van der Waals surface area (Å²) in [6.07, 6.45) is 10.1. The van der Waals surface area contributed by atoms with Crippen LogP contribution in [-0.2, 0) is 0 Å². The molecule has 5 aromatic rings. The van der Waals surface area contributed by atoms with E-state index in [1.165, 1.54) is 6.20 Å². The highest BCUT2D eigenvalue weighted by molar-refractivity contribution is 5.84. The summed E-state index contributed by atoms with van der Waals surface area (Å²) in [4.78, 5) is 14.0. The second kappa shape index (κ2) is 5.55. The SMILES string of the molecule is On1cc(-c2cnc3c(Nc4ccc5ncccc5c4)nccn23)cn1. The predicted molar refractivity (Wildman–Crippen MR) is 96.4 cm³/mol. The first-order valence-electron chi connectivity index (χ1n) is 7.96. The summed E-state index contributed by atoms with van der Waals surface area (Å²) in [5.74, 6) is 0.637. The summed E-state index contributed by atoms with van der Waals surface area (Å²) < 4.78 is 1.90. The van der Waals surface area contributed by atoms with Crippen molar-refractivity contribution in [2.45, 2.75) is 0 Å². The van der Waals surface area contributed by atoms with E-state index in [0.29, 0.717) is 11.5 Å². The van der Waals surface area contributed by atoms with E-state index in [1.54, 1.807) is 24.8 Å². The molecular formula is C18H13N7O. The molecule has 0 unspecified atom stereocenters. The van der Waals surface area contributed by atoms with Crippen molar-refractivity contribution in [2.24, 2.45) is 0 Å². The van der Waals surface area contributed by atoms with Gasteiger partial charge in [0.05, 0.1) is 29.8 Å². The van der Waals surface area contributed by atoms with Gasteiger partial charge in [0.15, 0.2) is 11.5 Å². The van der Waals surface area contributed by atoms with E-state index in [2.05, 4.69) is 25.4 Å². The van der Waals surface area contributed by atoms with Crippen LogP contribution in [0, 0.1) is 0 Å². The largest absolute Gasteiger partial charge is 0.412 e. The van der Waals surface area contributed by atoms with Crippen LogP contribution >= 0.6 is 0 Å². The van der Waals surface area contributed by atoms with Crippen LogP contribution in [0.1, 0.15) is 0 Å². The first-order valence-corrected chi connectivity index (χ1v) is 7.96. The van der Waals surface area contributed by atoms with Gasteiger partial charge in [-0.05, 0) is 24.3 Å². The van der Waals surface area contributed by atoms with Gasteiger partial charge in [-0.3, -0.25) is 9.38 Å². The lowest BCUT2D eigenvalue weighted by atomic mass is 10.2. The molecule has 126 valence electrons. The van der Waals surface area contributed by atoms with Gasteiger partial charge in [-0.2, -0.15) is 0 Å². The van der Waals surface area contributed by atoms with Gasteiger partial charge in [-0.1, -0.05) is 6.07 Å². The van der Waals surface area contributed by atoms with Crippen molar-refractivity contribution < 1.29 is 5.21 Å². The molecule has 0 aliphatic carbocycles. The minimum Gasteiger partial charge on any atom is -0.412 e. The van der Waals surface area contributed by atoms with Crippen molar-refractivity contribution in [3.05, 3.63) is 67.5 Å². The number of benzene rings is 1. The zero-order valence-electron chi connectivity index (χ0n) is 13.5. The predicted octanol–water partition coefficient (Wildman–Crippen LogP) is 3.12. The highest BCUT2D eigenvalue weighted by Gasteiger charge is 2.12. The summed E-state index contributed by atoms with van der Waals surface area (Å²) >= 11 is 0. The van der Waals surface area contributed by atoms with E-state index in [1.807, 2.05) is 40.9 Å². The number of aromatic nitrogens is 6. The fourth-order valence-electron chi connectivity index (χ4n) is 2.96. The molecule has 0 aliphatic heterocycles. The fraction of sp³-hybridized carbons (Fsp3) is 0. The number of hydrogen-bond donors (Lipinski definition) is 2. The Labute approximate surface area is 147 Å². The molecule has 26 heavy (non-hydrogen) atoms. The van der Waals surface area contributed by atoms with Crippen molar-refractivity contribution in [3.63, 3.8) is 0 Å². The zero-order chi connectivity index (χ0) is 17.5. The van der Waals surface area contributed by atoms with Crippen LogP contribution in [0.3, 0.4) is 0 Å². The Morgan fingerprint density at radius 1 is 1.00 bits per heavy atom. The molecule has 0 aliphatic rings. The van der Waals surface area contributed by atoms with Gasteiger partial charge in [-0.25, -0.2) is 9.97 Å². The number of hydrogen-bond acceptors (Lipinski definition) is 6. The van der Waals surface area contributed by atoms with Gasteiger partial charge in [0.2, 0.25) is 0 Å². The third-order valence-corrected chi connectivity index (χ3v) is 4.16. The normalized spacial score (nSPS) is 11.2. The van der Waals surface area contributed by atoms with Crippen LogP contribution in [0.5, 0.6) is 0 Å². The molecule has 1 aromatic carbocycles. The molecule has 2 N–H and O–H groups in total. The Morgan fingerprint density at radius 3 is 2.85 bits per heavy atom. The quantitative estimate of drug-likeness (QED) is 0.489. The molecular weight excluding hydrogens is 330 g/mol. The Morgan fingerprint density at radius 2 is 1.96 bits per heavy atom. The first kappa shape index (κ1) is 14.4. The summed E-state index contributed by atoms with van der Waals surface area (Å²) in [7, 11) is 0. The second-order valence-corrected chi connectivity index (χ2v) is 5.80. The van der Waals surface area contributed by atoms with Crippen molar-refractivity contribution in [2.75, 3.05) is 5.32 Å². The number of fused-ring (bicyclic) bond motifs is 2. The molecule has 4 heterocycles. The van der Waals surface area contributed by atoms with E-state index in [9.17, 15) is 5.21 Å². The lowest BCUT2D eigenvalue weighted by Crippen LogP contribution is -1.98. The van der Waals surface area contributed by atoms with E-state index in [-0.39, 0.29) is 0 Å². The molecule has 0 bridgehead atoms. The molecule has 0 spiro atoms. The van der Waals surface area contributed by atoms with Gasteiger partial charge in [0.25, 0.3) is 0 Å². The monoisotopic (exact) mass is 343 g/mol. The molecule has 8 heteroatoms. The van der Waals surface area contributed by atoms with Crippen LogP contribution in [0.25, 0.3) is 27.8 Å². The molecule has 0 saturated carbocycles. The maximum absolute atomic E-state index is 9.41. The van der Waals surface area contributed by atoms with Gasteiger partial charge >= 0.3 is 0 Å². The van der Waals surface area contributed by atoms with Crippen molar-refractivity contribution in [1.82, 2.24) is 29.3 Å². The van der Waals surface area contributed by atoms with Crippen molar-refractivity contribution >= 4 is 28.1 Å². The summed E-state index contributed by atoms with van der Waals surface area (Å²) in [6.45, 7) is 0. The topological polar surface area (TPSA) is 93.2 Å².